The molecule has 0 atom stereocenters. The van der Waals surface area contributed by atoms with Crippen molar-refractivity contribution in [3.63, 3.8) is 0 Å². The summed E-state index contributed by atoms with van der Waals surface area (Å²) in [6, 6.07) is 0. The van der Waals surface area contributed by atoms with E-state index in [1.54, 1.807) is 0 Å². The van der Waals surface area contributed by atoms with Crippen molar-refractivity contribution in [2.24, 2.45) is 0 Å². The van der Waals surface area contributed by atoms with Crippen LogP contribution in [-0.4, -0.2) is 24.2 Å². The molecule has 0 radical (unpaired) electrons. The molecule has 0 aliphatic heterocycles. The van der Waals surface area contributed by atoms with E-state index in [1.807, 2.05) is 0 Å². The molecule has 0 saturated heterocycles. The van der Waals surface area contributed by atoms with Crippen LogP contribution in [0.25, 0.3) is 0 Å². The van der Waals surface area contributed by atoms with Gasteiger partial charge in [-0.05, 0) is 76.0 Å². The standard InChI is InChI=1S/C38H75INO2PS/c1-3-5-7-9-11-13-15-17-19-21-23-25-27-29-31-33-37-41-43(44,40-36-35-39)42-38-34-32-30-28-26-24-22-20-18-16-14-12-10-8-6-4-2/h17-20H,3-16,21-38H2,1-2H3,(H,40,44)/b19-17-,20-18-. The molecular formula is C38H75INO2PS. The van der Waals surface area contributed by atoms with E-state index in [2.05, 4.69) is 65.8 Å². The first-order valence-electron chi connectivity index (χ1n) is 19.2. The monoisotopic (exact) mass is 767 g/mol. The van der Waals surface area contributed by atoms with Gasteiger partial charge in [0.15, 0.2) is 0 Å². The predicted molar refractivity (Wildman–Crippen MR) is 212 cm³/mol. The van der Waals surface area contributed by atoms with Gasteiger partial charge < -0.3 is 9.05 Å². The zero-order chi connectivity index (χ0) is 32.1. The molecule has 0 aromatic rings. The summed E-state index contributed by atoms with van der Waals surface area (Å²) < 4.78 is 13.3. The summed E-state index contributed by atoms with van der Waals surface area (Å²) in [5.41, 5.74) is 0. The Bertz CT molecular complexity index is 613. The molecule has 0 aliphatic rings. The fourth-order valence-corrected chi connectivity index (χ4v) is 8.18. The molecule has 1 N–H and O–H groups in total. The first kappa shape index (κ1) is 44.7. The van der Waals surface area contributed by atoms with Crippen molar-refractivity contribution >= 4 is 41.0 Å². The summed E-state index contributed by atoms with van der Waals surface area (Å²) in [4.78, 5) is 0. The Hall–Kier alpha value is 0.740. The van der Waals surface area contributed by atoms with Crippen molar-refractivity contribution in [3.8, 4) is 0 Å². The molecule has 6 heteroatoms. The number of hydrogen-bond donors (Lipinski definition) is 1. The molecule has 0 rings (SSSR count). The molecule has 0 heterocycles. The number of nitrogens with one attached hydrogen (secondary N) is 1. The largest absolute Gasteiger partial charge is 0.318 e. The highest BCUT2D eigenvalue weighted by Gasteiger charge is 2.17. The van der Waals surface area contributed by atoms with Crippen LogP contribution in [0.3, 0.4) is 0 Å². The molecule has 0 bridgehead atoms. The van der Waals surface area contributed by atoms with Crippen LogP contribution in [-0.2, 0) is 20.9 Å². The number of hydrogen-bond acceptors (Lipinski definition) is 3. The highest BCUT2D eigenvalue weighted by molar-refractivity contribution is 14.1. The topological polar surface area (TPSA) is 30.5 Å². The number of unbranched alkanes of at least 4 members (excludes halogenated alkanes) is 24. The zero-order valence-electron chi connectivity index (χ0n) is 29.5. The normalized spacial score (nSPS) is 12.3. The number of rotatable bonds is 37. The second kappa shape index (κ2) is 38.2. The quantitative estimate of drug-likeness (QED) is 0.0224. The average molecular weight is 768 g/mol. The maximum absolute atomic E-state index is 6.15. The van der Waals surface area contributed by atoms with Crippen LogP contribution in [0.5, 0.6) is 0 Å². The van der Waals surface area contributed by atoms with Gasteiger partial charge in [-0.3, -0.25) is 0 Å². The Morgan fingerprint density at radius 3 is 1.09 bits per heavy atom. The van der Waals surface area contributed by atoms with E-state index < -0.39 is 6.64 Å². The lowest BCUT2D eigenvalue weighted by atomic mass is 10.1. The number of alkyl halides is 1. The first-order valence-corrected chi connectivity index (χ1v) is 23.3. The van der Waals surface area contributed by atoms with Crippen LogP contribution in [0.15, 0.2) is 24.3 Å². The Morgan fingerprint density at radius 2 is 0.773 bits per heavy atom. The maximum atomic E-state index is 6.15. The smallest absolute Gasteiger partial charge is 0.261 e. The molecule has 262 valence electrons. The Balaban J connectivity index is 3.66. The molecule has 0 aliphatic carbocycles. The van der Waals surface area contributed by atoms with Crippen LogP contribution in [0, 0.1) is 0 Å². The minimum Gasteiger partial charge on any atom is -0.318 e. The average Bonchev–Trinajstić information content (AvgIpc) is 3.03. The second-order valence-electron chi connectivity index (χ2n) is 12.6. The molecule has 3 nitrogen and oxygen atoms in total. The lowest BCUT2D eigenvalue weighted by Crippen LogP contribution is -2.17. The maximum Gasteiger partial charge on any atom is 0.261 e. The van der Waals surface area contributed by atoms with Gasteiger partial charge >= 0.3 is 0 Å². The highest BCUT2D eigenvalue weighted by Crippen LogP contribution is 2.44. The van der Waals surface area contributed by atoms with Gasteiger partial charge in [0.2, 0.25) is 0 Å². The minimum absolute atomic E-state index is 0.722. The molecular weight excluding hydrogens is 692 g/mol. The van der Waals surface area contributed by atoms with Gasteiger partial charge in [0.05, 0.1) is 13.2 Å². The van der Waals surface area contributed by atoms with Gasteiger partial charge in [-0.25, -0.2) is 5.09 Å². The van der Waals surface area contributed by atoms with Crippen molar-refractivity contribution in [1.82, 2.24) is 5.09 Å². The van der Waals surface area contributed by atoms with E-state index >= 15 is 0 Å². The third-order valence-electron chi connectivity index (χ3n) is 8.23. The molecule has 0 fully saturated rings. The van der Waals surface area contributed by atoms with E-state index in [4.69, 9.17) is 20.9 Å². The van der Waals surface area contributed by atoms with E-state index in [9.17, 15) is 0 Å². The van der Waals surface area contributed by atoms with Crippen LogP contribution >= 0.6 is 29.2 Å². The van der Waals surface area contributed by atoms with Gasteiger partial charge in [0, 0.05) is 11.0 Å². The van der Waals surface area contributed by atoms with Gasteiger partial charge in [-0.2, -0.15) is 0 Å². The Morgan fingerprint density at radius 1 is 0.477 bits per heavy atom. The van der Waals surface area contributed by atoms with Gasteiger partial charge in [0.25, 0.3) is 6.64 Å². The van der Waals surface area contributed by atoms with Crippen molar-refractivity contribution < 1.29 is 9.05 Å². The Labute approximate surface area is 295 Å². The van der Waals surface area contributed by atoms with E-state index in [0.29, 0.717) is 0 Å². The van der Waals surface area contributed by atoms with Crippen molar-refractivity contribution in [3.05, 3.63) is 24.3 Å². The lowest BCUT2D eigenvalue weighted by Gasteiger charge is -2.23. The molecule has 0 amide bonds. The summed E-state index contributed by atoms with van der Waals surface area (Å²) in [7, 11) is 0. The minimum atomic E-state index is -2.35. The Kier molecular flexibility index (Phi) is 38.8. The summed E-state index contributed by atoms with van der Waals surface area (Å²) in [6.45, 7) is 4.52. The number of halogens is 1. The van der Waals surface area contributed by atoms with E-state index in [1.165, 1.54) is 167 Å². The second-order valence-corrected chi connectivity index (χ2v) is 17.0. The third kappa shape index (κ3) is 35.6. The first-order chi connectivity index (χ1) is 21.7. The predicted octanol–water partition coefficient (Wildman–Crippen LogP) is 14.3. The molecule has 0 spiro atoms. The lowest BCUT2D eigenvalue weighted by molar-refractivity contribution is 0.231. The van der Waals surface area contributed by atoms with Crippen LogP contribution in [0.2, 0.25) is 0 Å². The summed E-state index contributed by atoms with van der Waals surface area (Å²) in [5, 5.41) is 3.42. The SMILES string of the molecule is CCCCCCCC/C=C\CCCCCCCCOP(=S)(NCCI)OCCCCCCCC/C=C\CCCCCCCC. The van der Waals surface area contributed by atoms with Crippen LogP contribution in [0.1, 0.15) is 194 Å². The van der Waals surface area contributed by atoms with E-state index in [-0.39, 0.29) is 0 Å². The molecule has 44 heavy (non-hydrogen) atoms. The van der Waals surface area contributed by atoms with Crippen molar-refractivity contribution in [2.75, 3.05) is 24.2 Å². The van der Waals surface area contributed by atoms with E-state index in [0.717, 1.165) is 37.0 Å². The summed E-state index contributed by atoms with van der Waals surface area (Å²) in [6.07, 6.45) is 46.6. The summed E-state index contributed by atoms with van der Waals surface area (Å²) >= 11 is 8.21. The molecule has 0 aromatic heterocycles. The number of allylic oxidation sites excluding steroid dienone is 4. The highest BCUT2D eigenvalue weighted by atomic mass is 127. The zero-order valence-corrected chi connectivity index (χ0v) is 33.4. The van der Waals surface area contributed by atoms with Crippen molar-refractivity contribution in [1.29, 1.82) is 0 Å². The van der Waals surface area contributed by atoms with Gasteiger partial charge in [0.1, 0.15) is 0 Å². The molecule has 0 saturated carbocycles. The van der Waals surface area contributed by atoms with Crippen LogP contribution in [0.4, 0.5) is 0 Å². The molecule has 0 aromatic carbocycles. The fraction of sp³-hybridized carbons (Fsp3) is 0.895. The van der Waals surface area contributed by atoms with Gasteiger partial charge in [-0.15, -0.1) is 0 Å². The third-order valence-corrected chi connectivity index (χ3v) is 11.4. The fourth-order valence-electron chi connectivity index (χ4n) is 5.38. The van der Waals surface area contributed by atoms with Crippen molar-refractivity contribution in [2.45, 2.75) is 194 Å². The summed E-state index contributed by atoms with van der Waals surface area (Å²) in [5.74, 6) is 0. The van der Waals surface area contributed by atoms with Crippen LogP contribution < -0.4 is 5.09 Å². The molecule has 0 unspecified atom stereocenters. The van der Waals surface area contributed by atoms with Gasteiger partial charge in [-0.1, -0.05) is 176 Å².